The van der Waals surface area contributed by atoms with E-state index in [2.05, 4.69) is 145 Å². The minimum Gasteiger partial charge on any atom is -0.275 e. The van der Waals surface area contributed by atoms with Crippen LogP contribution in [0.5, 0.6) is 0 Å². The van der Waals surface area contributed by atoms with Crippen LogP contribution >= 0.6 is 0 Å². The van der Waals surface area contributed by atoms with Crippen molar-refractivity contribution in [1.82, 2.24) is 14.8 Å². The summed E-state index contributed by atoms with van der Waals surface area (Å²) in [6, 6.07) is 48.5. The maximum atomic E-state index is 4.97. The number of hydrogen-bond donors (Lipinski definition) is 0. The van der Waals surface area contributed by atoms with Crippen LogP contribution < -0.4 is 0 Å². The number of nitrogens with zero attached hydrogens (tertiary/aromatic N) is 3. The van der Waals surface area contributed by atoms with Gasteiger partial charge in [-0.25, -0.2) is 0 Å². The molecule has 3 nitrogen and oxygen atoms in total. The van der Waals surface area contributed by atoms with Gasteiger partial charge < -0.3 is 0 Å². The highest BCUT2D eigenvalue weighted by atomic mass is 15.3. The molecule has 0 atom stereocenters. The predicted octanol–water partition coefficient (Wildman–Crippen LogP) is 10.7. The Morgan fingerprint density at radius 1 is 0.409 bits per heavy atom. The van der Waals surface area contributed by atoms with Gasteiger partial charge in [0.15, 0.2) is 11.6 Å². The SMILES string of the molecule is Cc1cccc(-n2c(-c3ccc4ccc5cccc6ccc3c4c56)nnc2-c2ccc3ccc4cccc5ccc2c3c45)c1. The van der Waals surface area contributed by atoms with Crippen LogP contribution in [0.4, 0.5) is 0 Å². The van der Waals surface area contributed by atoms with Gasteiger partial charge in [-0.3, -0.25) is 4.57 Å². The van der Waals surface area contributed by atoms with Crippen molar-refractivity contribution in [2.45, 2.75) is 6.92 Å². The average Bonchev–Trinajstić information content (AvgIpc) is 3.51. The minimum absolute atomic E-state index is 0.842. The van der Waals surface area contributed by atoms with Crippen LogP contribution in [0.2, 0.25) is 0 Å². The zero-order valence-electron chi connectivity index (χ0n) is 24.0. The fourth-order valence-corrected chi connectivity index (χ4v) is 7.51. The van der Waals surface area contributed by atoms with Crippen molar-refractivity contribution < 1.29 is 0 Å². The van der Waals surface area contributed by atoms with E-state index in [4.69, 9.17) is 10.2 Å². The minimum atomic E-state index is 0.842. The van der Waals surface area contributed by atoms with E-state index < -0.39 is 0 Å². The summed E-state index contributed by atoms with van der Waals surface area (Å²) < 4.78 is 2.26. The van der Waals surface area contributed by atoms with Crippen LogP contribution in [0, 0.1) is 6.92 Å². The molecule has 0 unspecified atom stereocenters. The van der Waals surface area contributed by atoms with Crippen molar-refractivity contribution >= 4 is 64.6 Å². The molecule has 204 valence electrons. The van der Waals surface area contributed by atoms with E-state index in [1.54, 1.807) is 0 Å². The molecule has 44 heavy (non-hydrogen) atoms. The van der Waals surface area contributed by atoms with Crippen LogP contribution in [0.1, 0.15) is 5.56 Å². The molecule has 0 bridgehead atoms. The van der Waals surface area contributed by atoms with Gasteiger partial charge in [-0.05, 0) is 101 Å². The van der Waals surface area contributed by atoms with Gasteiger partial charge in [-0.15, -0.1) is 10.2 Å². The molecular formula is C41H25N3. The van der Waals surface area contributed by atoms with E-state index in [0.717, 1.165) is 28.5 Å². The van der Waals surface area contributed by atoms with Gasteiger partial charge in [0.05, 0.1) is 0 Å². The zero-order chi connectivity index (χ0) is 28.9. The smallest absolute Gasteiger partial charge is 0.169 e. The zero-order valence-corrected chi connectivity index (χ0v) is 24.0. The Balaban J connectivity index is 1.31. The van der Waals surface area contributed by atoms with Gasteiger partial charge in [0.25, 0.3) is 0 Å². The largest absolute Gasteiger partial charge is 0.275 e. The Hall–Kier alpha value is -5.80. The standard InChI is InChI=1S/C41H25N3/c1-24-5-2-10-31(23-24)44-40(34-21-17-29-13-11-25-6-3-8-27-15-19-32(34)38(29)36(25)27)42-43-41(44)35-22-18-30-14-12-26-7-4-9-28-16-20-33(35)39(30)37(26)28/h2-23H,1H3. The molecular weight excluding hydrogens is 534 g/mol. The molecule has 0 radical (unpaired) electrons. The van der Waals surface area contributed by atoms with E-state index in [9.17, 15) is 0 Å². The van der Waals surface area contributed by atoms with Gasteiger partial charge in [-0.1, -0.05) is 109 Å². The first-order chi connectivity index (χ1) is 21.7. The van der Waals surface area contributed by atoms with E-state index in [0.29, 0.717) is 0 Å². The second-order valence-corrected chi connectivity index (χ2v) is 12.0. The molecule has 0 saturated carbocycles. The fraction of sp³-hybridized carbons (Fsp3) is 0.0244. The molecule has 3 heteroatoms. The lowest BCUT2D eigenvalue weighted by molar-refractivity contribution is 1.07. The molecule has 10 aromatic rings. The number of aryl methyl sites for hydroxylation is 1. The molecule has 0 aliphatic carbocycles. The second kappa shape index (κ2) is 8.62. The molecule has 10 rings (SSSR count). The predicted molar refractivity (Wildman–Crippen MR) is 184 cm³/mol. The third-order valence-corrected chi connectivity index (χ3v) is 9.46. The molecule has 0 spiro atoms. The maximum Gasteiger partial charge on any atom is 0.169 e. The summed E-state index contributed by atoms with van der Waals surface area (Å²) in [5, 5.41) is 25.0. The summed E-state index contributed by atoms with van der Waals surface area (Å²) in [6.45, 7) is 2.14. The number of hydrogen-bond acceptors (Lipinski definition) is 2. The summed E-state index contributed by atoms with van der Waals surface area (Å²) >= 11 is 0. The van der Waals surface area contributed by atoms with Gasteiger partial charge >= 0.3 is 0 Å². The first-order valence-corrected chi connectivity index (χ1v) is 15.1. The van der Waals surface area contributed by atoms with Crippen LogP contribution in [0.15, 0.2) is 133 Å². The van der Waals surface area contributed by atoms with Crippen LogP contribution in [-0.2, 0) is 0 Å². The van der Waals surface area contributed by atoms with Crippen molar-refractivity contribution in [1.29, 1.82) is 0 Å². The molecule has 0 amide bonds. The molecule has 0 aliphatic rings. The molecule has 9 aromatic carbocycles. The average molecular weight is 560 g/mol. The van der Waals surface area contributed by atoms with Crippen LogP contribution in [-0.4, -0.2) is 14.8 Å². The summed E-state index contributed by atoms with van der Waals surface area (Å²) in [4.78, 5) is 0. The topological polar surface area (TPSA) is 30.7 Å². The lowest BCUT2D eigenvalue weighted by Crippen LogP contribution is -2.02. The van der Waals surface area contributed by atoms with Gasteiger partial charge in [-0.2, -0.15) is 0 Å². The van der Waals surface area contributed by atoms with Crippen molar-refractivity contribution in [3.63, 3.8) is 0 Å². The number of aromatic nitrogens is 3. The van der Waals surface area contributed by atoms with Crippen molar-refractivity contribution in [3.8, 4) is 28.5 Å². The molecule has 1 heterocycles. The molecule has 0 N–H and O–H groups in total. The van der Waals surface area contributed by atoms with Crippen LogP contribution in [0.3, 0.4) is 0 Å². The molecule has 0 fully saturated rings. The summed E-state index contributed by atoms with van der Waals surface area (Å²) in [6.07, 6.45) is 0. The maximum absolute atomic E-state index is 4.97. The van der Waals surface area contributed by atoms with Crippen LogP contribution in [0.25, 0.3) is 93.1 Å². The second-order valence-electron chi connectivity index (χ2n) is 12.0. The summed E-state index contributed by atoms with van der Waals surface area (Å²) in [5.74, 6) is 1.68. The van der Waals surface area contributed by atoms with E-state index in [1.807, 2.05) is 0 Å². The molecule has 0 saturated heterocycles. The normalized spacial score (nSPS) is 12.2. The molecule has 1 aromatic heterocycles. The van der Waals surface area contributed by atoms with Crippen molar-refractivity contribution in [2.24, 2.45) is 0 Å². The van der Waals surface area contributed by atoms with E-state index >= 15 is 0 Å². The highest BCUT2D eigenvalue weighted by Gasteiger charge is 2.23. The first kappa shape index (κ1) is 23.7. The van der Waals surface area contributed by atoms with Crippen molar-refractivity contribution in [3.05, 3.63) is 139 Å². The summed E-state index contributed by atoms with van der Waals surface area (Å²) in [5.41, 5.74) is 4.40. The quantitative estimate of drug-likeness (QED) is 0.202. The van der Waals surface area contributed by atoms with Gasteiger partial charge in [0, 0.05) is 16.8 Å². The fourth-order valence-electron chi connectivity index (χ4n) is 7.51. The number of rotatable bonds is 3. The Morgan fingerprint density at radius 3 is 1.30 bits per heavy atom. The van der Waals surface area contributed by atoms with Crippen molar-refractivity contribution in [2.75, 3.05) is 0 Å². The summed E-state index contributed by atoms with van der Waals surface area (Å²) in [7, 11) is 0. The lowest BCUT2D eigenvalue weighted by Gasteiger charge is -2.17. The Labute approximate surface area is 253 Å². The Kier molecular flexibility index (Phi) is 4.65. The third-order valence-electron chi connectivity index (χ3n) is 9.46. The Morgan fingerprint density at radius 2 is 0.818 bits per heavy atom. The van der Waals surface area contributed by atoms with E-state index in [1.165, 1.54) is 70.2 Å². The number of benzene rings is 9. The monoisotopic (exact) mass is 559 g/mol. The lowest BCUT2D eigenvalue weighted by atomic mass is 9.91. The highest BCUT2D eigenvalue weighted by Crippen LogP contribution is 2.43. The highest BCUT2D eigenvalue weighted by molar-refractivity contribution is 6.26. The third kappa shape index (κ3) is 3.16. The van der Waals surface area contributed by atoms with Gasteiger partial charge in [0.1, 0.15) is 0 Å². The molecule has 0 aliphatic heterocycles. The van der Waals surface area contributed by atoms with Gasteiger partial charge in [0.2, 0.25) is 0 Å². The first-order valence-electron chi connectivity index (χ1n) is 15.1. The Bertz CT molecular complexity index is 2530. The van der Waals surface area contributed by atoms with E-state index in [-0.39, 0.29) is 0 Å².